The number of pyridine rings is 4. The lowest BCUT2D eigenvalue weighted by Gasteiger charge is -2.37. The quantitative estimate of drug-likeness (QED) is 0.297. The highest BCUT2D eigenvalue weighted by molar-refractivity contribution is 6.32. The van der Waals surface area contributed by atoms with Gasteiger partial charge in [-0.05, 0) is 61.4 Å². The van der Waals surface area contributed by atoms with Crippen molar-refractivity contribution in [3.8, 4) is 22.5 Å². The molecule has 8 heteroatoms. The molecule has 0 aromatic carbocycles. The van der Waals surface area contributed by atoms with E-state index in [2.05, 4.69) is 9.97 Å². The molecule has 0 amide bonds. The van der Waals surface area contributed by atoms with E-state index in [1.54, 1.807) is 12.1 Å². The van der Waals surface area contributed by atoms with Crippen molar-refractivity contribution in [2.75, 3.05) is 0 Å². The molecular formula is C26H20ClF3N4. The van der Waals surface area contributed by atoms with Crippen LogP contribution < -0.4 is 0 Å². The molecule has 0 unspecified atom stereocenters. The lowest BCUT2D eigenvalue weighted by atomic mass is 9.69. The zero-order valence-electron chi connectivity index (χ0n) is 18.1. The van der Waals surface area contributed by atoms with E-state index in [-0.39, 0.29) is 10.7 Å². The third-order valence-corrected chi connectivity index (χ3v) is 6.66. The van der Waals surface area contributed by atoms with E-state index in [9.17, 15) is 13.2 Å². The topological polar surface area (TPSA) is 51.6 Å². The number of nitrogens with zero attached hydrogens (tertiary/aromatic N) is 4. The predicted octanol–water partition coefficient (Wildman–Crippen LogP) is 6.92. The third-order valence-electron chi connectivity index (χ3n) is 6.37. The van der Waals surface area contributed by atoms with Gasteiger partial charge in [0.1, 0.15) is 5.15 Å². The van der Waals surface area contributed by atoms with E-state index in [0.29, 0.717) is 17.0 Å². The normalized spacial score (nSPS) is 15.3. The minimum Gasteiger partial charge on any atom is -0.252 e. The average Bonchev–Trinajstić information content (AvgIpc) is 2.85. The van der Waals surface area contributed by atoms with Crippen LogP contribution in [0.25, 0.3) is 22.5 Å². The van der Waals surface area contributed by atoms with Crippen LogP contribution in [0.15, 0.2) is 60.7 Å². The van der Waals surface area contributed by atoms with Crippen molar-refractivity contribution in [3.05, 3.63) is 95.0 Å². The van der Waals surface area contributed by atoms with Crippen LogP contribution in [0.4, 0.5) is 13.2 Å². The van der Waals surface area contributed by atoms with E-state index in [1.807, 2.05) is 30.3 Å². The molecule has 5 rings (SSSR count). The summed E-state index contributed by atoms with van der Waals surface area (Å²) in [4.78, 5) is 16.7. The summed E-state index contributed by atoms with van der Waals surface area (Å²) in [5.41, 5.74) is 2.74. The van der Waals surface area contributed by atoms with Crippen LogP contribution in [0.5, 0.6) is 0 Å². The van der Waals surface area contributed by atoms with Crippen LogP contribution in [0.1, 0.15) is 43.5 Å². The molecule has 4 heterocycles. The molecule has 1 aliphatic rings. The molecule has 34 heavy (non-hydrogen) atoms. The zero-order chi connectivity index (χ0) is 23.7. The minimum absolute atomic E-state index is 0.0433. The average molecular weight is 481 g/mol. The molecule has 4 aromatic heterocycles. The van der Waals surface area contributed by atoms with E-state index in [0.717, 1.165) is 49.6 Å². The lowest BCUT2D eigenvalue weighted by Crippen LogP contribution is -2.32. The number of hydrogen-bond acceptors (Lipinski definition) is 4. The first-order valence-electron chi connectivity index (χ1n) is 11.1. The summed E-state index contributed by atoms with van der Waals surface area (Å²) >= 11 is 6.20. The molecule has 0 N–H and O–H groups in total. The van der Waals surface area contributed by atoms with E-state index in [4.69, 9.17) is 21.6 Å². The Hall–Kier alpha value is -3.32. The van der Waals surface area contributed by atoms with Gasteiger partial charge in [-0.1, -0.05) is 43.0 Å². The fraction of sp³-hybridized carbons (Fsp3) is 0.231. The number of hydrogen-bond donors (Lipinski definition) is 0. The second-order valence-corrected chi connectivity index (χ2v) is 8.76. The van der Waals surface area contributed by atoms with Gasteiger partial charge in [0.25, 0.3) is 0 Å². The Morgan fingerprint density at radius 1 is 0.618 bits per heavy atom. The fourth-order valence-electron chi connectivity index (χ4n) is 4.71. The van der Waals surface area contributed by atoms with Crippen molar-refractivity contribution in [2.24, 2.45) is 0 Å². The summed E-state index contributed by atoms with van der Waals surface area (Å²) < 4.78 is 41.2. The van der Waals surface area contributed by atoms with Crippen LogP contribution in [0.2, 0.25) is 5.15 Å². The van der Waals surface area contributed by atoms with Gasteiger partial charge in [0, 0.05) is 5.56 Å². The van der Waals surface area contributed by atoms with Crippen LogP contribution >= 0.6 is 11.6 Å². The summed E-state index contributed by atoms with van der Waals surface area (Å²) in [6.07, 6.45) is 4.72. The predicted molar refractivity (Wildman–Crippen MR) is 124 cm³/mol. The van der Waals surface area contributed by atoms with Crippen molar-refractivity contribution in [2.45, 2.75) is 37.5 Å². The minimum atomic E-state index is -0.902. The van der Waals surface area contributed by atoms with E-state index >= 15 is 0 Å². The van der Waals surface area contributed by atoms with E-state index in [1.165, 1.54) is 12.1 Å². The second kappa shape index (κ2) is 9.14. The highest BCUT2D eigenvalue weighted by atomic mass is 35.5. The maximum atomic E-state index is 14.4. The first kappa shape index (κ1) is 22.5. The maximum Gasteiger partial charge on any atom is 0.224 e. The van der Waals surface area contributed by atoms with Crippen LogP contribution in [0, 0.1) is 17.8 Å². The highest BCUT2D eigenvalue weighted by Crippen LogP contribution is 2.44. The Morgan fingerprint density at radius 2 is 1.18 bits per heavy atom. The third kappa shape index (κ3) is 4.16. The molecule has 172 valence electrons. The van der Waals surface area contributed by atoms with E-state index < -0.39 is 23.3 Å². The molecule has 4 nitrogen and oxygen atoms in total. The van der Waals surface area contributed by atoms with Gasteiger partial charge >= 0.3 is 0 Å². The Morgan fingerprint density at radius 3 is 1.76 bits per heavy atom. The van der Waals surface area contributed by atoms with Gasteiger partial charge in [-0.15, -0.1) is 0 Å². The molecule has 1 fully saturated rings. The fourth-order valence-corrected chi connectivity index (χ4v) is 4.95. The van der Waals surface area contributed by atoms with Gasteiger partial charge in [-0.25, -0.2) is 4.98 Å². The van der Waals surface area contributed by atoms with Gasteiger partial charge in [0.05, 0.1) is 33.8 Å². The molecular weight excluding hydrogens is 461 g/mol. The van der Waals surface area contributed by atoms with Gasteiger partial charge < -0.3 is 0 Å². The zero-order valence-corrected chi connectivity index (χ0v) is 18.9. The Balaban J connectivity index is 1.62. The molecule has 0 spiro atoms. The Labute approximate surface area is 199 Å². The van der Waals surface area contributed by atoms with Crippen molar-refractivity contribution < 1.29 is 13.2 Å². The van der Waals surface area contributed by atoms with Gasteiger partial charge in [0.15, 0.2) is 0 Å². The molecule has 0 bridgehead atoms. The maximum absolute atomic E-state index is 14.4. The van der Waals surface area contributed by atoms with Crippen molar-refractivity contribution >= 4 is 11.6 Å². The SMILES string of the molecule is Fc1ccc(-c2cccc(C3(c4cccc(-c5ccc(F)nc5Cl)n4)CCCCC3)n2)c(F)n1. The number of aromatic nitrogens is 4. The monoisotopic (exact) mass is 480 g/mol. The molecule has 0 atom stereocenters. The molecule has 1 aliphatic carbocycles. The van der Waals surface area contributed by atoms with Crippen LogP contribution in [0.3, 0.4) is 0 Å². The van der Waals surface area contributed by atoms with Crippen LogP contribution in [-0.2, 0) is 5.41 Å². The smallest absolute Gasteiger partial charge is 0.224 e. The molecule has 1 saturated carbocycles. The van der Waals surface area contributed by atoms with Crippen LogP contribution in [-0.4, -0.2) is 19.9 Å². The molecule has 0 radical (unpaired) electrons. The summed E-state index contributed by atoms with van der Waals surface area (Å²) in [7, 11) is 0. The largest absolute Gasteiger partial charge is 0.252 e. The highest BCUT2D eigenvalue weighted by Gasteiger charge is 2.39. The first-order valence-corrected chi connectivity index (χ1v) is 11.4. The summed E-state index contributed by atoms with van der Waals surface area (Å²) in [5, 5.41) is 0.0433. The van der Waals surface area contributed by atoms with Crippen molar-refractivity contribution in [1.29, 1.82) is 0 Å². The van der Waals surface area contributed by atoms with Crippen molar-refractivity contribution in [1.82, 2.24) is 19.9 Å². The summed E-state index contributed by atoms with van der Waals surface area (Å²) in [6.45, 7) is 0. The summed E-state index contributed by atoms with van der Waals surface area (Å²) in [6, 6.07) is 16.4. The Bertz CT molecular complexity index is 1260. The van der Waals surface area contributed by atoms with Gasteiger partial charge in [0.2, 0.25) is 17.8 Å². The van der Waals surface area contributed by atoms with Crippen molar-refractivity contribution in [3.63, 3.8) is 0 Å². The van der Waals surface area contributed by atoms with Gasteiger partial charge in [-0.3, -0.25) is 9.97 Å². The number of halogens is 4. The van der Waals surface area contributed by atoms with Gasteiger partial charge in [-0.2, -0.15) is 18.2 Å². The molecule has 0 aliphatic heterocycles. The lowest BCUT2D eigenvalue weighted by molar-refractivity contribution is 0.331. The standard InChI is InChI=1S/C26H20ClF3N4/c27-24-16(10-12-22(28)33-24)18-6-4-8-20(31-18)26(14-2-1-3-15-26)21-9-5-7-19(32-21)17-11-13-23(29)34-25(17)30/h4-13H,1-3,14-15H2. The molecule has 0 saturated heterocycles. The second-order valence-electron chi connectivity index (χ2n) is 8.40. The molecule has 4 aromatic rings. The summed E-state index contributed by atoms with van der Waals surface area (Å²) in [5.74, 6) is -2.44. The number of rotatable bonds is 4. The first-order chi connectivity index (χ1) is 16.5. The Kier molecular flexibility index (Phi) is 6.04.